The third kappa shape index (κ3) is 5.69. The van der Waals surface area contributed by atoms with Crippen LogP contribution in [0.15, 0.2) is 61.2 Å². The van der Waals surface area contributed by atoms with Crippen LogP contribution >= 0.6 is 0 Å². The fraction of sp³-hybridized carbons (Fsp3) is 0.231. The van der Waals surface area contributed by atoms with Crippen molar-refractivity contribution in [2.24, 2.45) is 0 Å². The van der Waals surface area contributed by atoms with Crippen LogP contribution in [0.4, 0.5) is 0 Å². The fourth-order valence-electron chi connectivity index (χ4n) is 3.25. The first kappa shape index (κ1) is 22.3. The lowest BCUT2D eigenvalue weighted by Crippen LogP contribution is -2.32. The topological polar surface area (TPSA) is 72.6 Å². The Hall–Kier alpha value is -3.86. The number of carbonyl (C=O) groups excluding carboxylic acids is 1. The van der Waals surface area contributed by atoms with Crippen molar-refractivity contribution >= 4 is 11.9 Å². The van der Waals surface area contributed by atoms with Crippen LogP contribution in [0.3, 0.4) is 0 Å². The van der Waals surface area contributed by atoms with Gasteiger partial charge in [0.1, 0.15) is 6.29 Å². The van der Waals surface area contributed by atoms with E-state index in [0.717, 1.165) is 60.5 Å². The van der Waals surface area contributed by atoms with E-state index in [-0.39, 0.29) is 0 Å². The summed E-state index contributed by atoms with van der Waals surface area (Å²) in [6.07, 6.45) is 7.91. The van der Waals surface area contributed by atoms with Crippen LogP contribution in [0.25, 0.3) is 16.9 Å². The molecular weight excluding hydrogens is 414 g/mol. The number of carbonyl (C=O) groups is 1. The Morgan fingerprint density at radius 2 is 1.76 bits per heavy atom. The standard InChI is InChI=1S/C21H14N4O.C5H11NO/c1-15-12-22-10-8-17(15)6-7-19-13-23-25-11-9-20(24-21(19)25)18-4-2-16(14-26)3-5-18;1-6-2-4-7-5-3-6/h2-5,8-14H,1H3;2-5H2,1H3. The molecule has 3 aromatic heterocycles. The van der Waals surface area contributed by atoms with Crippen molar-refractivity contribution in [2.45, 2.75) is 6.92 Å². The molecule has 0 radical (unpaired) electrons. The van der Waals surface area contributed by atoms with E-state index in [9.17, 15) is 4.79 Å². The Balaban J connectivity index is 0.000000318. The predicted octanol–water partition coefficient (Wildman–Crippen LogP) is 3.26. The van der Waals surface area contributed by atoms with Gasteiger partial charge in [-0.1, -0.05) is 36.1 Å². The van der Waals surface area contributed by atoms with E-state index >= 15 is 0 Å². The maximum absolute atomic E-state index is 10.8. The Morgan fingerprint density at radius 3 is 2.42 bits per heavy atom. The number of morpholine rings is 1. The quantitative estimate of drug-likeness (QED) is 0.353. The Bertz CT molecular complexity index is 1300. The van der Waals surface area contributed by atoms with Crippen molar-refractivity contribution in [3.63, 3.8) is 0 Å². The number of aromatic nitrogens is 4. The second-order valence-electron chi connectivity index (χ2n) is 7.74. The van der Waals surface area contributed by atoms with Crippen LogP contribution in [0.2, 0.25) is 0 Å². The molecule has 1 aromatic carbocycles. The van der Waals surface area contributed by atoms with Crippen molar-refractivity contribution in [1.82, 2.24) is 24.5 Å². The second kappa shape index (κ2) is 10.6. The molecule has 1 fully saturated rings. The number of hydrogen-bond donors (Lipinski definition) is 0. The molecule has 0 amide bonds. The van der Waals surface area contributed by atoms with E-state index < -0.39 is 0 Å². The van der Waals surface area contributed by atoms with E-state index in [0.29, 0.717) is 11.2 Å². The first-order valence-electron chi connectivity index (χ1n) is 10.7. The molecule has 5 rings (SSSR count). The SMILES string of the molecule is CN1CCOCC1.Cc1cnccc1C#Cc1cnn2ccc(-c3ccc(C=O)cc3)nc12. The lowest BCUT2D eigenvalue weighted by atomic mass is 10.1. The van der Waals surface area contributed by atoms with Gasteiger partial charge in [-0.25, -0.2) is 9.50 Å². The molecule has 0 bridgehead atoms. The molecule has 4 aromatic rings. The highest BCUT2D eigenvalue weighted by atomic mass is 16.5. The van der Waals surface area contributed by atoms with E-state index in [2.05, 4.69) is 33.9 Å². The van der Waals surface area contributed by atoms with Gasteiger partial charge in [-0.3, -0.25) is 9.78 Å². The number of ether oxygens (including phenoxy) is 1. The Morgan fingerprint density at radius 1 is 1.00 bits per heavy atom. The molecular formula is C26H25N5O2. The Kier molecular flexibility index (Phi) is 7.20. The number of pyridine rings is 1. The molecule has 1 aliphatic rings. The molecule has 0 atom stereocenters. The number of likely N-dealkylation sites (N-methyl/N-ethyl adjacent to an activating group) is 1. The number of rotatable bonds is 2. The summed E-state index contributed by atoms with van der Waals surface area (Å²) < 4.78 is 6.80. The van der Waals surface area contributed by atoms with E-state index in [1.54, 1.807) is 35.2 Å². The molecule has 4 heterocycles. The lowest BCUT2D eigenvalue weighted by molar-refractivity contribution is 0.0503. The summed E-state index contributed by atoms with van der Waals surface area (Å²) >= 11 is 0. The van der Waals surface area contributed by atoms with Gasteiger partial charge in [0.15, 0.2) is 5.65 Å². The largest absolute Gasteiger partial charge is 0.379 e. The minimum Gasteiger partial charge on any atom is -0.379 e. The molecule has 0 aliphatic carbocycles. The zero-order chi connectivity index (χ0) is 23.0. The van der Waals surface area contributed by atoms with Gasteiger partial charge in [0.25, 0.3) is 0 Å². The summed E-state index contributed by atoms with van der Waals surface area (Å²) in [5.41, 5.74) is 5.79. The zero-order valence-corrected chi connectivity index (χ0v) is 18.7. The molecule has 0 unspecified atom stereocenters. The van der Waals surface area contributed by atoms with Gasteiger partial charge >= 0.3 is 0 Å². The van der Waals surface area contributed by atoms with Crippen molar-refractivity contribution in [2.75, 3.05) is 33.4 Å². The number of aldehydes is 1. The van der Waals surface area contributed by atoms with Crippen LogP contribution < -0.4 is 0 Å². The fourth-order valence-corrected chi connectivity index (χ4v) is 3.25. The third-order valence-electron chi connectivity index (χ3n) is 5.30. The summed E-state index contributed by atoms with van der Waals surface area (Å²) in [6, 6.07) is 11.1. The number of aryl methyl sites for hydroxylation is 1. The van der Waals surface area contributed by atoms with E-state index in [1.807, 2.05) is 37.4 Å². The molecule has 0 saturated carbocycles. The lowest BCUT2D eigenvalue weighted by Gasteiger charge is -2.21. The molecule has 166 valence electrons. The number of hydrogen-bond acceptors (Lipinski definition) is 6. The highest BCUT2D eigenvalue weighted by Gasteiger charge is 2.07. The number of benzene rings is 1. The van der Waals surface area contributed by atoms with Crippen molar-refractivity contribution in [1.29, 1.82) is 0 Å². The first-order chi connectivity index (χ1) is 16.1. The van der Waals surface area contributed by atoms with Crippen molar-refractivity contribution in [3.8, 4) is 23.1 Å². The van der Waals surface area contributed by atoms with Gasteiger partial charge in [0, 0.05) is 48.4 Å². The average Bonchev–Trinajstić information content (AvgIpc) is 3.27. The summed E-state index contributed by atoms with van der Waals surface area (Å²) in [7, 11) is 2.11. The van der Waals surface area contributed by atoms with E-state index in [1.165, 1.54) is 0 Å². The summed E-state index contributed by atoms with van der Waals surface area (Å²) in [5, 5.41) is 4.31. The zero-order valence-electron chi connectivity index (χ0n) is 18.7. The molecule has 7 nitrogen and oxygen atoms in total. The van der Waals surface area contributed by atoms with Gasteiger partial charge < -0.3 is 9.64 Å². The highest BCUT2D eigenvalue weighted by Crippen LogP contribution is 2.19. The second-order valence-corrected chi connectivity index (χ2v) is 7.74. The highest BCUT2D eigenvalue weighted by molar-refractivity contribution is 5.76. The summed E-state index contributed by atoms with van der Waals surface area (Å²) in [4.78, 5) is 21.8. The molecule has 1 saturated heterocycles. The van der Waals surface area contributed by atoms with Crippen LogP contribution in [0.1, 0.15) is 27.0 Å². The molecule has 0 spiro atoms. The minimum absolute atomic E-state index is 0.637. The van der Waals surface area contributed by atoms with Gasteiger partial charge in [-0.2, -0.15) is 5.10 Å². The smallest absolute Gasteiger partial charge is 0.171 e. The summed E-state index contributed by atoms with van der Waals surface area (Å²) in [5.74, 6) is 6.31. The molecule has 7 heteroatoms. The van der Waals surface area contributed by atoms with Gasteiger partial charge in [0.05, 0.1) is 30.7 Å². The molecule has 33 heavy (non-hydrogen) atoms. The van der Waals surface area contributed by atoms with Crippen molar-refractivity contribution < 1.29 is 9.53 Å². The first-order valence-corrected chi connectivity index (χ1v) is 10.7. The molecule has 1 aliphatic heterocycles. The normalized spacial score (nSPS) is 13.5. The predicted molar refractivity (Wildman–Crippen MR) is 127 cm³/mol. The van der Waals surface area contributed by atoms with Gasteiger partial charge in [0.2, 0.25) is 0 Å². The molecule has 0 N–H and O–H groups in total. The third-order valence-corrected chi connectivity index (χ3v) is 5.30. The van der Waals surface area contributed by atoms with Crippen LogP contribution in [-0.2, 0) is 4.74 Å². The van der Waals surface area contributed by atoms with E-state index in [4.69, 9.17) is 9.72 Å². The van der Waals surface area contributed by atoms with Crippen LogP contribution in [-0.4, -0.2) is 64.1 Å². The summed E-state index contributed by atoms with van der Waals surface area (Å²) in [6.45, 7) is 6.00. The maximum Gasteiger partial charge on any atom is 0.171 e. The van der Waals surface area contributed by atoms with Crippen LogP contribution in [0, 0.1) is 18.8 Å². The maximum atomic E-state index is 10.8. The van der Waals surface area contributed by atoms with Gasteiger partial charge in [-0.05, 0) is 31.7 Å². The Labute approximate surface area is 193 Å². The number of nitrogens with zero attached hydrogens (tertiary/aromatic N) is 5. The minimum atomic E-state index is 0.637. The number of fused-ring (bicyclic) bond motifs is 1. The van der Waals surface area contributed by atoms with Gasteiger partial charge in [-0.15, -0.1) is 0 Å². The monoisotopic (exact) mass is 439 g/mol. The van der Waals surface area contributed by atoms with Crippen LogP contribution in [0.5, 0.6) is 0 Å². The average molecular weight is 440 g/mol. The van der Waals surface area contributed by atoms with Crippen molar-refractivity contribution in [3.05, 3.63) is 83.4 Å².